The summed E-state index contributed by atoms with van der Waals surface area (Å²) in [5.41, 5.74) is 0.683. The molecular formula is C13H12N4O4. The maximum atomic E-state index is 11.0. The van der Waals surface area contributed by atoms with Gasteiger partial charge in [-0.2, -0.15) is 5.10 Å². The molecule has 2 aromatic rings. The van der Waals surface area contributed by atoms with E-state index < -0.39 is 16.8 Å². The zero-order valence-corrected chi connectivity index (χ0v) is 11.0. The van der Waals surface area contributed by atoms with Crippen LogP contribution in [0, 0.1) is 16.0 Å². The first kappa shape index (κ1) is 13.2. The third-order valence-electron chi connectivity index (χ3n) is 3.54. The highest BCUT2D eigenvalue weighted by Gasteiger charge is 2.26. The number of aromatic nitrogens is 3. The lowest BCUT2D eigenvalue weighted by atomic mass is 10.0. The van der Waals surface area contributed by atoms with Crippen LogP contribution in [0.25, 0.3) is 11.4 Å². The topological polar surface area (TPSA) is 111 Å². The van der Waals surface area contributed by atoms with Crippen molar-refractivity contribution in [1.82, 2.24) is 14.8 Å². The fourth-order valence-electron chi connectivity index (χ4n) is 2.36. The van der Waals surface area contributed by atoms with E-state index >= 15 is 0 Å². The van der Waals surface area contributed by atoms with Crippen LogP contribution in [0.4, 0.5) is 5.69 Å². The molecule has 1 aromatic heterocycles. The van der Waals surface area contributed by atoms with E-state index in [4.69, 9.17) is 5.11 Å². The Balaban J connectivity index is 1.88. The Labute approximate surface area is 119 Å². The first-order valence-electron chi connectivity index (χ1n) is 6.46. The highest BCUT2D eigenvalue weighted by molar-refractivity contribution is 5.70. The van der Waals surface area contributed by atoms with Gasteiger partial charge in [0.05, 0.1) is 17.4 Å². The van der Waals surface area contributed by atoms with E-state index in [2.05, 4.69) is 10.1 Å². The van der Waals surface area contributed by atoms with Crippen molar-refractivity contribution >= 4 is 11.7 Å². The van der Waals surface area contributed by atoms with Crippen molar-refractivity contribution in [3.8, 4) is 11.4 Å². The minimum atomic E-state index is -0.826. The van der Waals surface area contributed by atoms with Gasteiger partial charge in [0, 0.05) is 24.1 Å². The van der Waals surface area contributed by atoms with E-state index in [9.17, 15) is 14.9 Å². The quantitative estimate of drug-likeness (QED) is 0.676. The highest BCUT2D eigenvalue weighted by Crippen LogP contribution is 2.24. The minimum Gasteiger partial charge on any atom is -0.481 e. The predicted octanol–water partition coefficient (Wildman–Crippen LogP) is 1.50. The molecule has 0 radical (unpaired) electrons. The van der Waals surface area contributed by atoms with Crippen LogP contribution in [0.3, 0.4) is 0 Å². The average molecular weight is 288 g/mol. The summed E-state index contributed by atoms with van der Waals surface area (Å²) in [7, 11) is 0. The summed E-state index contributed by atoms with van der Waals surface area (Å²) in [6, 6.07) is 5.98. The van der Waals surface area contributed by atoms with E-state index in [0.29, 0.717) is 30.8 Å². The zero-order valence-electron chi connectivity index (χ0n) is 11.0. The van der Waals surface area contributed by atoms with E-state index in [1.807, 2.05) is 0 Å². The summed E-state index contributed by atoms with van der Waals surface area (Å²) < 4.78 is 1.61. The van der Waals surface area contributed by atoms with Gasteiger partial charge >= 0.3 is 5.97 Å². The average Bonchev–Trinajstić information content (AvgIpc) is 2.90. The number of non-ortho nitro benzene ring substituents is 1. The number of benzene rings is 1. The first-order chi connectivity index (χ1) is 10.0. The number of aliphatic carboxylic acids is 1. The summed E-state index contributed by atoms with van der Waals surface area (Å²) >= 11 is 0. The van der Waals surface area contributed by atoms with Crippen LogP contribution in [0.15, 0.2) is 24.3 Å². The molecule has 2 heterocycles. The van der Waals surface area contributed by atoms with E-state index in [1.54, 1.807) is 16.8 Å². The summed E-state index contributed by atoms with van der Waals surface area (Å²) in [6.45, 7) is 0.310. The third kappa shape index (κ3) is 2.47. The van der Waals surface area contributed by atoms with Crippen molar-refractivity contribution in [1.29, 1.82) is 0 Å². The Hall–Kier alpha value is -2.77. The Kier molecular flexibility index (Phi) is 3.13. The molecule has 1 aliphatic heterocycles. The van der Waals surface area contributed by atoms with Crippen LogP contribution in [0.5, 0.6) is 0 Å². The second-order valence-corrected chi connectivity index (χ2v) is 4.91. The number of hydrogen-bond donors (Lipinski definition) is 1. The van der Waals surface area contributed by atoms with Crippen molar-refractivity contribution in [2.24, 2.45) is 5.92 Å². The number of fused-ring (bicyclic) bond motifs is 1. The summed E-state index contributed by atoms with van der Waals surface area (Å²) in [6.07, 6.45) is 1.12. The normalized spacial score (nSPS) is 17.2. The number of aryl methyl sites for hydroxylation is 1. The minimum absolute atomic E-state index is 0.00802. The molecule has 0 aliphatic carbocycles. The molecule has 8 nitrogen and oxygen atoms in total. The summed E-state index contributed by atoms with van der Waals surface area (Å²) in [5.74, 6) is -0.0521. The second kappa shape index (κ2) is 4.97. The molecule has 21 heavy (non-hydrogen) atoms. The molecule has 0 amide bonds. The van der Waals surface area contributed by atoms with E-state index in [-0.39, 0.29) is 5.69 Å². The van der Waals surface area contributed by atoms with Gasteiger partial charge in [0.25, 0.3) is 5.69 Å². The highest BCUT2D eigenvalue weighted by atomic mass is 16.6. The predicted molar refractivity (Wildman–Crippen MR) is 71.6 cm³/mol. The Morgan fingerprint density at radius 2 is 2.10 bits per heavy atom. The van der Waals surface area contributed by atoms with Crippen molar-refractivity contribution in [3.05, 3.63) is 40.2 Å². The molecule has 1 unspecified atom stereocenters. The number of hydrogen-bond acceptors (Lipinski definition) is 5. The van der Waals surface area contributed by atoms with Crippen LogP contribution in [-0.2, 0) is 17.8 Å². The number of nitro groups is 1. The molecule has 0 spiro atoms. The molecule has 8 heteroatoms. The number of nitro benzene ring substituents is 1. The summed E-state index contributed by atoms with van der Waals surface area (Å²) in [5, 5.41) is 24.0. The number of nitrogens with zero attached hydrogens (tertiary/aromatic N) is 4. The molecular weight excluding hydrogens is 276 g/mol. The fourth-order valence-corrected chi connectivity index (χ4v) is 2.36. The standard InChI is InChI=1S/C13H12N4O4/c18-13(19)9-3-6-11-14-12(15-16(11)7-9)8-1-4-10(5-2-8)17(20)21/h1-2,4-5,9H,3,6-7H2,(H,18,19). The smallest absolute Gasteiger partial charge is 0.308 e. The number of carboxylic acids is 1. The number of rotatable bonds is 3. The number of carboxylic acid groups (broad SMARTS) is 1. The lowest BCUT2D eigenvalue weighted by Crippen LogP contribution is -2.27. The van der Waals surface area contributed by atoms with Crippen LogP contribution < -0.4 is 0 Å². The largest absolute Gasteiger partial charge is 0.481 e. The maximum absolute atomic E-state index is 11.0. The van der Waals surface area contributed by atoms with Crippen LogP contribution in [0.1, 0.15) is 12.2 Å². The Bertz CT molecular complexity index is 707. The van der Waals surface area contributed by atoms with Gasteiger partial charge < -0.3 is 5.11 Å². The van der Waals surface area contributed by atoms with Gasteiger partial charge in [-0.1, -0.05) is 0 Å². The van der Waals surface area contributed by atoms with Gasteiger partial charge in [-0.05, 0) is 18.6 Å². The first-order valence-corrected chi connectivity index (χ1v) is 6.46. The van der Waals surface area contributed by atoms with Gasteiger partial charge in [0.1, 0.15) is 5.82 Å². The lowest BCUT2D eigenvalue weighted by Gasteiger charge is -2.18. The molecule has 1 aromatic carbocycles. The van der Waals surface area contributed by atoms with Crippen LogP contribution in [0.2, 0.25) is 0 Å². The summed E-state index contributed by atoms with van der Waals surface area (Å²) in [4.78, 5) is 25.6. The second-order valence-electron chi connectivity index (χ2n) is 4.91. The zero-order chi connectivity index (χ0) is 15.0. The van der Waals surface area contributed by atoms with Crippen molar-refractivity contribution in [2.75, 3.05) is 0 Å². The lowest BCUT2D eigenvalue weighted by molar-refractivity contribution is -0.384. The van der Waals surface area contributed by atoms with Gasteiger partial charge in [-0.25, -0.2) is 9.67 Å². The van der Waals surface area contributed by atoms with Gasteiger partial charge in [-0.15, -0.1) is 0 Å². The SMILES string of the molecule is O=C(O)C1CCc2nc(-c3ccc([N+](=O)[O-])cc3)nn2C1. The third-order valence-corrected chi connectivity index (χ3v) is 3.54. The van der Waals surface area contributed by atoms with Crippen LogP contribution >= 0.6 is 0 Å². The molecule has 1 aliphatic rings. The van der Waals surface area contributed by atoms with Crippen molar-refractivity contribution in [2.45, 2.75) is 19.4 Å². The van der Waals surface area contributed by atoms with E-state index in [0.717, 1.165) is 5.82 Å². The number of carbonyl (C=O) groups is 1. The molecule has 0 saturated heterocycles. The molecule has 1 N–H and O–H groups in total. The van der Waals surface area contributed by atoms with E-state index in [1.165, 1.54) is 12.1 Å². The Morgan fingerprint density at radius 1 is 1.38 bits per heavy atom. The van der Waals surface area contributed by atoms with Gasteiger partial charge in [-0.3, -0.25) is 14.9 Å². The molecule has 0 bridgehead atoms. The molecule has 108 valence electrons. The molecule has 0 fully saturated rings. The molecule has 1 atom stereocenters. The maximum Gasteiger partial charge on any atom is 0.308 e. The van der Waals surface area contributed by atoms with Crippen molar-refractivity contribution in [3.63, 3.8) is 0 Å². The Morgan fingerprint density at radius 3 is 2.71 bits per heavy atom. The fraction of sp³-hybridized carbons (Fsp3) is 0.308. The molecule has 0 saturated carbocycles. The molecule has 3 rings (SSSR count). The van der Waals surface area contributed by atoms with Gasteiger partial charge in [0.2, 0.25) is 0 Å². The van der Waals surface area contributed by atoms with Crippen molar-refractivity contribution < 1.29 is 14.8 Å². The van der Waals surface area contributed by atoms with Crippen LogP contribution in [-0.4, -0.2) is 30.8 Å². The van der Waals surface area contributed by atoms with Gasteiger partial charge in [0.15, 0.2) is 5.82 Å². The monoisotopic (exact) mass is 288 g/mol.